The van der Waals surface area contributed by atoms with Crippen molar-refractivity contribution in [3.63, 3.8) is 0 Å². The molecule has 0 fully saturated rings. The van der Waals surface area contributed by atoms with E-state index in [0.29, 0.717) is 5.56 Å². The number of hydrogen-bond donors (Lipinski definition) is 3. The second-order valence-electron chi connectivity index (χ2n) is 4.86. The van der Waals surface area contributed by atoms with Crippen LogP contribution in [0.3, 0.4) is 0 Å². The van der Waals surface area contributed by atoms with Gasteiger partial charge in [0.25, 0.3) is 0 Å². The Hall–Kier alpha value is -1.46. The molecule has 0 bridgehead atoms. The minimum atomic E-state index is -1.05. The molecule has 1 atom stereocenters. The van der Waals surface area contributed by atoms with Gasteiger partial charge in [0.1, 0.15) is 5.82 Å². The van der Waals surface area contributed by atoms with Crippen molar-refractivity contribution in [3.8, 4) is 0 Å². The van der Waals surface area contributed by atoms with Crippen LogP contribution in [0, 0.1) is 5.82 Å². The van der Waals surface area contributed by atoms with E-state index in [-0.39, 0.29) is 13.0 Å². The van der Waals surface area contributed by atoms with Crippen LogP contribution in [-0.4, -0.2) is 28.3 Å². The highest BCUT2D eigenvalue weighted by molar-refractivity contribution is 5.76. The molecule has 1 unspecified atom stereocenters. The highest BCUT2D eigenvalue weighted by atomic mass is 19.1. The summed E-state index contributed by atoms with van der Waals surface area (Å²) in [6.45, 7) is 3.23. The summed E-state index contributed by atoms with van der Waals surface area (Å²) in [4.78, 5) is 11.5. The lowest BCUT2D eigenvalue weighted by atomic mass is 10.1. The first-order valence-corrected chi connectivity index (χ1v) is 5.70. The van der Waals surface area contributed by atoms with Gasteiger partial charge in [-0.2, -0.15) is 0 Å². The third-order valence-corrected chi connectivity index (χ3v) is 2.33. The van der Waals surface area contributed by atoms with Gasteiger partial charge in [0.15, 0.2) is 0 Å². The Bertz CT molecular complexity index is 415. The lowest BCUT2D eigenvalue weighted by Gasteiger charge is -2.18. The molecule has 3 N–H and O–H groups in total. The molecular formula is C13H18FNO3. The minimum Gasteiger partial charge on any atom is -0.389 e. The van der Waals surface area contributed by atoms with Crippen LogP contribution in [0.5, 0.6) is 0 Å². The molecule has 0 aromatic heterocycles. The van der Waals surface area contributed by atoms with Crippen LogP contribution in [0.1, 0.15) is 31.9 Å². The van der Waals surface area contributed by atoms with Crippen molar-refractivity contribution in [3.05, 3.63) is 35.6 Å². The highest BCUT2D eigenvalue weighted by Gasteiger charge is 2.17. The number of aliphatic hydroxyl groups excluding tert-OH is 1. The fourth-order valence-corrected chi connectivity index (χ4v) is 1.39. The van der Waals surface area contributed by atoms with Crippen molar-refractivity contribution < 1.29 is 19.4 Å². The molecule has 4 nitrogen and oxygen atoms in total. The number of carbonyl (C=O) groups excluding carboxylic acids is 1. The molecule has 100 valence electrons. The third-order valence-electron chi connectivity index (χ3n) is 2.33. The Morgan fingerprint density at radius 3 is 2.72 bits per heavy atom. The van der Waals surface area contributed by atoms with E-state index in [1.165, 1.54) is 18.2 Å². The average molecular weight is 255 g/mol. The maximum atomic E-state index is 12.9. The monoisotopic (exact) mass is 255 g/mol. The second kappa shape index (κ2) is 5.93. The molecule has 0 heterocycles. The number of nitrogens with one attached hydrogen (secondary N) is 1. The predicted octanol–water partition coefficient (Wildman–Crippen LogP) is 1.14. The fourth-order valence-electron chi connectivity index (χ4n) is 1.39. The highest BCUT2D eigenvalue weighted by Crippen LogP contribution is 2.17. The number of hydrogen-bond acceptors (Lipinski definition) is 3. The number of amides is 1. The topological polar surface area (TPSA) is 69.6 Å². The largest absolute Gasteiger partial charge is 0.389 e. The van der Waals surface area contributed by atoms with Gasteiger partial charge >= 0.3 is 0 Å². The van der Waals surface area contributed by atoms with E-state index >= 15 is 0 Å². The first kappa shape index (κ1) is 14.6. The number of benzene rings is 1. The van der Waals surface area contributed by atoms with E-state index in [1.54, 1.807) is 19.9 Å². The summed E-state index contributed by atoms with van der Waals surface area (Å²) in [6.07, 6.45) is -1.22. The zero-order chi connectivity index (χ0) is 13.8. The van der Waals surface area contributed by atoms with Gasteiger partial charge in [-0.25, -0.2) is 4.39 Å². The maximum absolute atomic E-state index is 12.9. The predicted molar refractivity (Wildman–Crippen MR) is 65.3 cm³/mol. The number of carbonyl (C=O) groups is 1. The zero-order valence-electron chi connectivity index (χ0n) is 10.5. The van der Waals surface area contributed by atoms with Crippen molar-refractivity contribution in [2.45, 2.75) is 32.0 Å². The van der Waals surface area contributed by atoms with Crippen LogP contribution in [-0.2, 0) is 4.79 Å². The Balaban J connectivity index is 2.50. The number of halogens is 1. The molecular weight excluding hydrogens is 237 g/mol. The lowest BCUT2D eigenvalue weighted by Crippen LogP contribution is -2.38. The molecule has 0 saturated carbocycles. The van der Waals surface area contributed by atoms with Gasteiger partial charge in [-0.3, -0.25) is 4.79 Å². The summed E-state index contributed by atoms with van der Waals surface area (Å²) in [5.74, 6) is -0.850. The van der Waals surface area contributed by atoms with Crippen LogP contribution in [0.4, 0.5) is 4.39 Å². The molecule has 0 aliphatic rings. The summed E-state index contributed by atoms with van der Waals surface area (Å²) >= 11 is 0. The van der Waals surface area contributed by atoms with Gasteiger partial charge in [-0.1, -0.05) is 12.1 Å². The van der Waals surface area contributed by atoms with E-state index < -0.39 is 23.4 Å². The normalized spacial score (nSPS) is 13.2. The van der Waals surface area contributed by atoms with E-state index in [0.717, 1.165) is 0 Å². The molecule has 18 heavy (non-hydrogen) atoms. The summed E-state index contributed by atoms with van der Waals surface area (Å²) in [7, 11) is 0. The molecule has 0 spiro atoms. The molecule has 1 rings (SSSR count). The van der Waals surface area contributed by atoms with Crippen LogP contribution in [0.15, 0.2) is 24.3 Å². The molecule has 0 aliphatic heterocycles. The number of rotatable bonds is 5. The Kier molecular flexibility index (Phi) is 4.81. The van der Waals surface area contributed by atoms with E-state index in [2.05, 4.69) is 5.32 Å². The molecule has 1 aromatic rings. The molecule has 5 heteroatoms. The van der Waals surface area contributed by atoms with Gasteiger partial charge in [0, 0.05) is 6.54 Å². The SMILES string of the molecule is CC(C)(O)CNC(=O)CC(O)c1cccc(F)c1. The summed E-state index contributed by atoms with van der Waals surface area (Å²) in [5.41, 5.74) is -0.646. The molecule has 1 amide bonds. The van der Waals surface area contributed by atoms with Gasteiger partial charge in [0.05, 0.1) is 18.1 Å². The Morgan fingerprint density at radius 1 is 1.50 bits per heavy atom. The van der Waals surface area contributed by atoms with Crippen molar-refractivity contribution in [1.82, 2.24) is 5.32 Å². The summed E-state index contributed by atoms with van der Waals surface area (Å²) in [6, 6.07) is 5.48. The fraction of sp³-hybridized carbons (Fsp3) is 0.462. The first-order valence-electron chi connectivity index (χ1n) is 5.70. The number of aliphatic hydroxyl groups is 2. The maximum Gasteiger partial charge on any atom is 0.223 e. The summed E-state index contributed by atoms with van der Waals surface area (Å²) < 4.78 is 12.9. The van der Waals surface area contributed by atoms with Crippen LogP contribution in [0.2, 0.25) is 0 Å². The molecule has 0 saturated heterocycles. The second-order valence-corrected chi connectivity index (χ2v) is 4.86. The van der Waals surface area contributed by atoms with Gasteiger partial charge in [-0.05, 0) is 31.5 Å². The standard InChI is InChI=1S/C13H18FNO3/c1-13(2,18)8-15-12(17)7-11(16)9-4-3-5-10(14)6-9/h3-6,11,16,18H,7-8H2,1-2H3,(H,15,17). The van der Waals surface area contributed by atoms with Gasteiger partial charge < -0.3 is 15.5 Å². The smallest absolute Gasteiger partial charge is 0.223 e. The van der Waals surface area contributed by atoms with Crippen molar-refractivity contribution in [2.24, 2.45) is 0 Å². The quantitative estimate of drug-likeness (QED) is 0.739. The molecule has 1 aromatic carbocycles. The van der Waals surface area contributed by atoms with Gasteiger partial charge in [0.2, 0.25) is 5.91 Å². The van der Waals surface area contributed by atoms with Crippen molar-refractivity contribution in [2.75, 3.05) is 6.54 Å². The van der Waals surface area contributed by atoms with Crippen molar-refractivity contribution in [1.29, 1.82) is 0 Å². The molecule has 0 radical (unpaired) electrons. The minimum absolute atomic E-state index is 0.0989. The van der Waals surface area contributed by atoms with Crippen molar-refractivity contribution >= 4 is 5.91 Å². The van der Waals surface area contributed by atoms with E-state index in [9.17, 15) is 19.4 Å². The van der Waals surface area contributed by atoms with Gasteiger partial charge in [-0.15, -0.1) is 0 Å². The Labute approximate surface area is 105 Å². The van der Waals surface area contributed by atoms with Crippen LogP contribution in [0.25, 0.3) is 0 Å². The molecule has 0 aliphatic carbocycles. The van der Waals surface area contributed by atoms with E-state index in [4.69, 9.17) is 0 Å². The van der Waals surface area contributed by atoms with E-state index in [1.807, 2.05) is 0 Å². The third kappa shape index (κ3) is 5.25. The zero-order valence-corrected chi connectivity index (χ0v) is 10.5. The average Bonchev–Trinajstić information content (AvgIpc) is 2.25. The first-order chi connectivity index (χ1) is 8.28. The van der Waals surface area contributed by atoms with Crippen LogP contribution >= 0.6 is 0 Å². The lowest BCUT2D eigenvalue weighted by molar-refractivity contribution is -0.124. The van der Waals surface area contributed by atoms with Crippen LogP contribution < -0.4 is 5.32 Å². The Morgan fingerprint density at radius 2 is 2.17 bits per heavy atom. The summed E-state index contributed by atoms with van der Waals surface area (Å²) in [5, 5.41) is 21.7.